The summed E-state index contributed by atoms with van der Waals surface area (Å²) in [6.07, 6.45) is 0.610. The quantitative estimate of drug-likeness (QED) is 0.657. The normalized spacial score (nSPS) is 23.4. The van der Waals surface area contributed by atoms with Crippen molar-refractivity contribution in [2.45, 2.75) is 32.4 Å². The van der Waals surface area contributed by atoms with Gasteiger partial charge in [0.15, 0.2) is 0 Å². The molecule has 0 aromatic carbocycles. The summed E-state index contributed by atoms with van der Waals surface area (Å²) >= 11 is 0. The van der Waals surface area contributed by atoms with Crippen molar-refractivity contribution in [2.24, 2.45) is 11.7 Å². The van der Waals surface area contributed by atoms with Crippen LogP contribution in [0, 0.1) is 5.92 Å². The number of carbonyl (C=O) groups is 2. The van der Waals surface area contributed by atoms with Crippen molar-refractivity contribution in [3.8, 4) is 0 Å². The van der Waals surface area contributed by atoms with Crippen LogP contribution in [0.5, 0.6) is 0 Å². The van der Waals surface area contributed by atoms with Gasteiger partial charge in [0.05, 0.1) is 13.2 Å². The highest BCUT2D eigenvalue weighted by Gasteiger charge is 2.39. The van der Waals surface area contributed by atoms with E-state index in [1.54, 1.807) is 0 Å². The molecule has 1 aliphatic rings. The number of methoxy groups -OCH3 is 1. The molecular weight excluding hydrogens is 196 g/mol. The van der Waals surface area contributed by atoms with Crippen LogP contribution in [0.25, 0.3) is 0 Å². The molecule has 0 saturated carbocycles. The van der Waals surface area contributed by atoms with Crippen LogP contribution in [0.15, 0.2) is 0 Å². The Labute approximate surface area is 89.6 Å². The van der Waals surface area contributed by atoms with Crippen LogP contribution in [0.3, 0.4) is 0 Å². The lowest BCUT2D eigenvalue weighted by atomic mass is 10.0. The van der Waals surface area contributed by atoms with Crippen LogP contribution < -0.4 is 5.73 Å². The van der Waals surface area contributed by atoms with E-state index in [4.69, 9.17) is 10.5 Å². The number of esters is 1. The maximum atomic E-state index is 11.7. The van der Waals surface area contributed by atoms with Gasteiger partial charge in [-0.25, -0.2) is 4.79 Å². The van der Waals surface area contributed by atoms with Crippen molar-refractivity contribution in [3.63, 3.8) is 0 Å². The summed E-state index contributed by atoms with van der Waals surface area (Å²) in [6, 6.07) is -0.966. The first-order valence-electron chi connectivity index (χ1n) is 5.13. The predicted octanol–water partition coefficient (Wildman–Crippen LogP) is -0.256. The molecule has 0 radical (unpaired) electrons. The number of rotatable bonds is 3. The lowest BCUT2D eigenvalue weighted by molar-refractivity contribution is -0.153. The highest BCUT2D eigenvalue weighted by atomic mass is 16.5. The van der Waals surface area contributed by atoms with E-state index in [0.29, 0.717) is 13.0 Å². The first-order valence-corrected chi connectivity index (χ1v) is 5.13. The third-order valence-electron chi connectivity index (χ3n) is 2.69. The average molecular weight is 214 g/mol. The number of amides is 1. The minimum absolute atomic E-state index is 0.0340. The molecule has 15 heavy (non-hydrogen) atoms. The molecule has 86 valence electrons. The number of nitrogens with two attached hydrogens (primary N) is 1. The fourth-order valence-electron chi connectivity index (χ4n) is 1.88. The van der Waals surface area contributed by atoms with Gasteiger partial charge in [0.25, 0.3) is 0 Å². The van der Waals surface area contributed by atoms with Gasteiger partial charge in [-0.3, -0.25) is 4.79 Å². The molecular formula is C10H18N2O3. The standard InChI is InChI=1S/C10H18N2O3/c1-6(2)8(10(14)15-3)12-5-4-7(11)9(12)13/h6-8H,4-5,11H2,1-3H3. The number of ether oxygens (including phenoxy) is 1. The van der Waals surface area contributed by atoms with E-state index >= 15 is 0 Å². The van der Waals surface area contributed by atoms with Gasteiger partial charge in [0.1, 0.15) is 6.04 Å². The zero-order valence-corrected chi connectivity index (χ0v) is 9.40. The Balaban J connectivity index is 2.81. The maximum Gasteiger partial charge on any atom is 0.328 e. The number of carbonyl (C=O) groups excluding carboxylic acids is 2. The Morgan fingerprint density at radius 1 is 1.60 bits per heavy atom. The van der Waals surface area contributed by atoms with Crippen LogP contribution in [-0.2, 0) is 14.3 Å². The molecule has 0 spiro atoms. The molecule has 0 aliphatic carbocycles. The van der Waals surface area contributed by atoms with Crippen molar-refractivity contribution in [2.75, 3.05) is 13.7 Å². The third kappa shape index (κ3) is 2.28. The monoisotopic (exact) mass is 214 g/mol. The molecule has 1 aliphatic heterocycles. The molecule has 1 fully saturated rings. The molecule has 5 nitrogen and oxygen atoms in total. The molecule has 5 heteroatoms. The molecule has 0 aromatic rings. The van der Waals surface area contributed by atoms with Gasteiger partial charge in [0.2, 0.25) is 5.91 Å². The van der Waals surface area contributed by atoms with Gasteiger partial charge in [-0.15, -0.1) is 0 Å². The molecule has 2 unspecified atom stereocenters. The Morgan fingerprint density at radius 3 is 2.53 bits per heavy atom. The van der Waals surface area contributed by atoms with E-state index in [-0.39, 0.29) is 17.8 Å². The predicted molar refractivity (Wildman–Crippen MR) is 54.9 cm³/mol. The largest absolute Gasteiger partial charge is 0.467 e. The second-order valence-electron chi connectivity index (χ2n) is 4.14. The highest BCUT2D eigenvalue weighted by Crippen LogP contribution is 2.19. The molecule has 0 bridgehead atoms. The Bertz CT molecular complexity index is 265. The molecule has 0 aromatic heterocycles. The molecule has 1 amide bonds. The Kier molecular flexibility index (Phi) is 3.68. The maximum absolute atomic E-state index is 11.7. The second kappa shape index (κ2) is 4.61. The van der Waals surface area contributed by atoms with Gasteiger partial charge in [-0.2, -0.15) is 0 Å². The minimum Gasteiger partial charge on any atom is -0.467 e. The zero-order valence-electron chi connectivity index (χ0n) is 9.40. The minimum atomic E-state index is -0.504. The van der Waals surface area contributed by atoms with Crippen LogP contribution in [-0.4, -0.2) is 42.5 Å². The summed E-state index contributed by atoms with van der Waals surface area (Å²) in [6.45, 7) is 4.31. The summed E-state index contributed by atoms with van der Waals surface area (Å²) in [7, 11) is 1.33. The fourth-order valence-corrected chi connectivity index (χ4v) is 1.88. The molecule has 1 saturated heterocycles. The topological polar surface area (TPSA) is 72.6 Å². The van der Waals surface area contributed by atoms with E-state index in [0.717, 1.165) is 0 Å². The Hall–Kier alpha value is -1.10. The highest BCUT2D eigenvalue weighted by molar-refractivity contribution is 5.89. The molecule has 1 rings (SSSR count). The van der Waals surface area contributed by atoms with Crippen molar-refractivity contribution in [1.82, 2.24) is 4.90 Å². The fraction of sp³-hybridized carbons (Fsp3) is 0.800. The van der Waals surface area contributed by atoms with E-state index in [9.17, 15) is 9.59 Å². The third-order valence-corrected chi connectivity index (χ3v) is 2.69. The zero-order chi connectivity index (χ0) is 11.6. The second-order valence-corrected chi connectivity index (χ2v) is 4.14. The molecule has 1 heterocycles. The van der Waals surface area contributed by atoms with Gasteiger partial charge in [-0.05, 0) is 12.3 Å². The number of nitrogens with zero attached hydrogens (tertiary/aromatic N) is 1. The lowest BCUT2D eigenvalue weighted by Gasteiger charge is -2.28. The van der Waals surface area contributed by atoms with Crippen LogP contribution >= 0.6 is 0 Å². The smallest absolute Gasteiger partial charge is 0.328 e. The van der Waals surface area contributed by atoms with E-state index in [2.05, 4.69) is 0 Å². The first-order chi connectivity index (χ1) is 6.99. The van der Waals surface area contributed by atoms with Crippen molar-refractivity contribution >= 4 is 11.9 Å². The molecule has 2 atom stereocenters. The number of hydrogen-bond acceptors (Lipinski definition) is 4. The summed E-state index contributed by atoms with van der Waals surface area (Å²) in [5.41, 5.74) is 5.60. The van der Waals surface area contributed by atoms with Gasteiger partial charge < -0.3 is 15.4 Å². The van der Waals surface area contributed by atoms with E-state index < -0.39 is 12.1 Å². The van der Waals surface area contributed by atoms with Crippen molar-refractivity contribution < 1.29 is 14.3 Å². The average Bonchev–Trinajstić information content (AvgIpc) is 2.49. The Morgan fingerprint density at radius 2 is 2.20 bits per heavy atom. The van der Waals surface area contributed by atoms with Gasteiger partial charge in [0, 0.05) is 6.54 Å². The summed E-state index contributed by atoms with van der Waals surface area (Å²) in [5.74, 6) is -0.488. The lowest BCUT2D eigenvalue weighted by Crippen LogP contribution is -2.48. The van der Waals surface area contributed by atoms with Crippen LogP contribution in [0.4, 0.5) is 0 Å². The SMILES string of the molecule is COC(=O)C(C(C)C)N1CCC(N)C1=O. The van der Waals surface area contributed by atoms with Crippen molar-refractivity contribution in [1.29, 1.82) is 0 Å². The number of hydrogen-bond donors (Lipinski definition) is 1. The summed E-state index contributed by atoms with van der Waals surface area (Å²) in [4.78, 5) is 24.7. The summed E-state index contributed by atoms with van der Waals surface area (Å²) < 4.78 is 4.70. The van der Waals surface area contributed by atoms with E-state index in [1.165, 1.54) is 12.0 Å². The van der Waals surface area contributed by atoms with Crippen molar-refractivity contribution in [3.05, 3.63) is 0 Å². The van der Waals surface area contributed by atoms with Gasteiger partial charge in [-0.1, -0.05) is 13.8 Å². The molecule has 2 N–H and O–H groups in total. The van der Waals surface area contributed by atoms with Gasteiger partial charge >= 0.3 is 5.97 Å². The van der Waals surface area contributed by atoms with Crippen LogP contribution in [0.1, 0.15) is 20.3 Å². The van der Waals surface area contributed by atoms with Crippen LogP contribution in [0.2, 0.25) is 0 Å². The number of likely N-dealkylation sites (tertiary alicyclic amines) is 1. The summed E-state index contributed by atoms with van der Waals surface area (Å²) in [5, 5.41) is 0. The van der Waals surface area contributed by atoms with E-state index in [1.807, 2.05) is 13.8 Å². The first kappa shape index (κ1) is 12.0.